The molecule has 1 aliphatic rings. The fraction of sp³-hybridized carbons (Fsp3) is 0.176. The molecule has 0 aromatic heterocycles. The van der Waals surface area contributed by atoms with Crippen molar-refractivity contribution in [2.75, 3.05) is 13.1 Å². The Bertz CT molecular complexity index is 1650. The van der Waals surface area contributed by atoms with Crippen LogP contribution in [0.15, 0.2) is 91.0 Å². The molecule has 2 atom stereocenters. The highest BCUT2D eigenvalue weighted by Gasteiger charge is 2.38. The average Bonchev–Trinajstić information content (AvgIpc) is 3.02. The summed E-state index contributed by atoms with van der Waals surface area (Å²) in [5, 5.41) is 44.5. The van der Waals surface area contributed by atoms with Gasteiger partial charge in [0.15, 0.2) is 29.1 Å². The third-order valence-electron chi connectivity index (χ3n) is 7.06. The Hall–Kier alpha value is -5.64. The van der Waals surface area contributed by atoms with E-state index in [9.17, 15) is 30.0 Å². The Kier molecular flexibility index (Phi) is 9.19. The molecule has 0 saturated heterocycles. The zero-order valence-corrected chi connectivity index (χ0v) is 23.6. The van der Waals surface area contributed by atoms with Crippen molar-refractivity contribution in [3.8, 4) is 34.5 Å². The topological polar surface area (TPSA) is 158 Å². The SMILES string of the molecule is O=C(/C=C/c1ccc2c(c1)O[C@H](c1ccc(O)c(O)c1)[C@@H](C(=O)NCCc1ccc(O)cc1)O2)NCCc1ccc(O)cc1. The molecule has 1 aliphatic heterocycles. The van der Waals surface area contributed by atoms with E-state index >= 15 is 0 Å². The molecule has 0 spiro atoms. The minimum atomic E-state index is -1.10. The van der Waals surface area contributed by atoms with Gasteiger partial charge in [0, 0.05) is 24.7 Å². The molecular formula is C34H32N2O8. The third kappa shape index (κ3) is 7.60. The Morgan fingerprint density at radius 1 is 0.682 bits per heavy atom. The predicted octanol–water partition coefficient (Wildman–Crippen LogP) is 4.12. The van der Waals surface area contributed by atoms with E-state index in [1.165, 1.54) is 24.3 Å². The number of hydrogen-bond donors (Lipinski definition) is 6. The van der Waals surface area contributed by atoms with Gasteiger partial charge < -0.3 is 40.5 Å². The second-order valence-electron chi connectivity index (χ2n) is 10.3. The number of carbonyl (C=O) groups excluding carboxylic acids is 2. The first-order valence-corrected chi connectivity index (χ1v) is 14.0. The van der Waals surface area contributed by atoms with Crippen LogP contribution in [0.3, 0.4) is 0 Å². The van der Waals surface area contributed by atoms with Crippen molar-refractivity contribution >= 4 is 17.9 Å². The maximum absolute atomic E-state index is 13.3. The fourth-order valence-corrected chi connectivity index (χ4v) is 4.68. The minimum Gasteiger partial charge on any atom is -0.508 e. The van der Waals surface area contributed by atoms with Gasteiger partial charge in [-0.15, -0.1) is 0 Å². The van der Waals surface area contributed by atoms with Crippen LogP contribution < -0.4 is 20.1 Å². The molecule has 1 heterocycles. The van der Waals surface area contributed by atoms with Crippen LogP contribution in [0.1, 0.15) is 28.4 Å². The summed E-state index contributed by atoms with van der Waals surface area (Å²) in [6.45, 7) is 0.735. The lowest BCUT2D eigenvalue weighted by Crippen LogP contribution is -2.46. The standard InChI is InChI=1S/C34H32N2O8/c37-25-8-1-21(2-9-25)15-17-35-31(41)14-6-23-5-13-29-30(19-23)44-32(24-7-12-27(39)28(40)20-24)33(43-29)34(42)36-18-16-22-3-10-26(38)11-4-22/h1-14,19-20,32-33,37-40H,15-18H2,(H,35,41)(H,36,42)/b14-6+/t32-,33+/m1/s1. The second-order valence-corrected chi connectivity index (χ2v) is 10.3. The summed E-state index contributed by atoms with van der Waals surface area (Å²) in [6.07, 6.45) is 2.12. The lowest BCUT2D eigenvalue weighted by Gasteiger charge is -2.33. The number of fused-ring (bicyclic) bond motifs is 1. The molecule has 4 aromatic rings. The van der Waals surface area contributed by atoms with Crippen LogP contribution in [0.2, 0.25) is 0 Å². The van der Waals surface area contributed by atoms with Crippen molar-refractivity contribution in [1.82, 2.24) is 10.6 Å². The highest BCUT2D eigenvalue weighted by atomic mass is 16.6. The van der Waals surface area contributed by atoms with Gasteiger partial charge >= 0.3 is 0 Å². The molecular weight excluding hydrogens is 564 g/mol. The first-order valence-electron chi connectivity index (χ1n) is 14.0. The normalized spacial score (nSPS) is 15.5. The van der Waals surface area contributed by atoms with Crippen LogP contribution in [0, 0.1) is 0 Å². The number of phenols is 4. The number of amides is 2. The van der Waals surface area contributed by atoms with Gasteiger partial charge in [-0.05, 0) is 84.1 Å². The van der Waals surface area contributed by atoms with E-state index in [0.717, 1.165) is 11.1 Å². The first-order chi connectivity index (χ1) is 21.2. The second kappa shape index (κ2) is 13.6. The molecule has 0 radical (unpaired) electrons. The van der Waals surface area contributed by atoms with Gasteiger partial charge in [0.1, 0.15) is 11.5 Å². The van der Waals surface area contributed by atoms with E-state index in [1.807, 2.05) is 0 Å². The number of nitrogens with one attached hydrogen (secondary N) is 2. The lowest BCUT2D eigenvalue weighted by atomic mass is 10.0. The molecule has 2 amide bonds. The zero-order valence-electron chi connectivity index (χ0n) is 23.6. The molecule has 10 nitrogen and oxygen atoms in total. The van der Waals surface area contributed by atoms with Gasteiger partial charge in [0.2, 0.25) is 12.0 Å². The quantitative estimate of drug-likeness (QED) is 0.118. The molecule has 10 heteroatoms. The van der Waals surface area contributed by atoms with Crippen molar-refractivity contribution in [2.24, 2.45) is 0 Å². The minimum absolute atomic E-state index is 0.160. The summed E-state index contributed by atoms with van der Waals surface area (Å²) in [5.74, 6) is -0.364. The summed E-state index contributed by atoms with van der Waals surface area (Å²) < 4.78 is 12.3. The largest absolute Gasteiger partial charge is 0.508 e. The molecule has 0 unspecified atom stereocenters. The summed E-state index contributed by atoms with van der Waals surface area (Å²) in [5.41, 5.74) is 2.99. The zero-order chi connectivity index (χ0) is 31.1. The number of phenolic OH excluding ortho intramolecular Hbond substituents is 4. The number of carbonyl (C=O) groups is 2. The van der Waals surface area contributed by atoms with Crippen LogP contribution in [-0.4, -0.2) is 51.4 Å². The van der Waals surface area contributed by atoms with E-state index in [0.29, 0.717) is 48.6 Å². The van der Waals surface area contributed by atoms with Crippen LogP contribution in [0.5, 0.6) is 34.5 Å². The van der Waals surface area contributed by atoms with Crippen molar-refractivity contribution in [3.63, 3.8) is 0 Å². The van der Waals surface area contributed by atoms with Gasteiger partial charge in [-0.1, -0.05) is 36.4 Å². The number of aromatic hydroxyl groups is 4. The fourth-order valence-electron chi connectivity index (χ4n) is 4.68. The van der Waals surface area contributed by atoms with E-state index in [4.69, 9.17) is 9.47 Å². The molecule has 4 aromatic carbocycles. The summed E-state index contributed by atoms with van der Waals surface area (Å²) in [4.78, 5) is 25.7. The van der Waals surface area contributed by atoms with E-state index in [-0.39, 0.29) is 28.9 Å². The van der Waals surface area contributed by atoms with Crippen LogP contribution >= 0.6 is 0 Å². The van der Waals surface area contributed by atoms with E-state index < -0.39 is 18.1 Å². The summed E-state index contributed by atoms with van der Waals surface area (Å²) in [7, 11) is 0. The van der Waals surface area contributed by atoms with Crippen molar-refractivity contribution in [1.29, 1.82) is 0 Å². The molecule has 0 fully saturated rings. The van der Waals surface area contributed by atoms with Gasteiger partial charge in [-0.3, -0.25) is 9.59 Å². The molecule has 0 saturated carbocycles. The average molecular weight is 597 g/mol. The molecule has 0 aliphatic carbocycles. The molecule has 0 bridgehead atoms. The summed E-state index contributed by atoms with van der Waals surface area (Å²) >= 11 is 0. The molecule has 5 rings (SSSR count). The Labute approximate surface area is 253 Å². The van der Waals surface area contributed by atoms with Gasteiger partial charge in [0.05, 0.1) is 0 Å². The number of ether oxygens (including phenoxy) is 2. The molecule has 226 valence electrons. The lowest BCUT2D eigenvalue weighted by molar-refractivity contribution is -0.134. The van der Waals surface area contributed by atoms with Crippen molar-refractivity contribution in [3.05, 3.63) is 113 Å². The third-order valence-corrected chi connectivity index (χ3v) is 7.06. The van der Waals surface area contributed by atoms with Crippen LogP contribution in [-0.2, 0) is 22.4 Å². The van der Waals surface area contributed by atoms with Crippen molar-refractivity contribution < 1.29 is 39.5 Å². The smallest absolute Gasteiger partial charge is 0.265 e. The number of benzene rings is 4. The highest BCUT2D eigenvalue weighted by Crippen LogP contribution is 2.41. The Morgan fingerprint density at radius 2 is 1.32 bits per heavy atom. The van der Waals surface area contributed by atoms with E-state index in [1.54, 1.807) is 72.8 Å². The molecule has 6 N–H and O–H groups in total. The van der Waals surface area contributed by atoms with E-state index in [2.05, 4.69) is 10.6 Å². The Balaban J connectivity index is 1.26. The number of rotatable bonds is 10. The predicted molar refractivity (Wildman–Crippen MR) is 163 cm³/mol. The highest BCUT2D eigenvalue weighted by molar-refractivity contribution is 5.91. The Morgan fingerprint density at radius 3 is 1.95 bits per heavy atom. The number of hydrogen-bond acceptors (Lipinski definition) is 8. The monoisotopic (exact) mass is 596 g/mol. The van der Waals surface area contributed by atoms with Gasteiger partial charge in [-0.25, -0.2) is 0 Å². The van der Waals surface area contributed by atoms with Crippen LogP contribution in [0.25, 0.3) is 6.08 Å². The maximum Gasteiger partial charge on any atom is 0.265 e. The maximum atomic E-state index is 13.3. The van der Waals surface area contributed by atoms with Crippen LogP contribution in [0.4, 0.5) is 0 Å². The van der Waals surface area contributed by atoms with Crippen molar-refractivity contribution in [2.45, 2.75) is 25.0 Å². The van der Waals surface area contributed by atoms with Gasteiger partial charge in [-0.2, -0.15) is 0 Å². The van der Waals surface area contributed by atoms with Gasteiger partial charge in [0.25, 0.3) is 5.91 Å². The molecule has 44 heavy (non-hydrogen) atoms. The summed E-state index contributed by atoms with van der Waals surface area (Å²) in [6, 6.07) is 22.7. The first kappa shape index (κ1) is 29.8.